The highest BCUT2D eigenvalue weighted by Gasteiger charge is 2.06. The predicted molar refractivity (Wildman–Crippen MR) is 47.5 cm³/mol. The number of aromatic amines is 1. The molecule has 0 atom stereocenters. The summed E-state index contributed by atoms with van der Waals surface area (Å²) >= 11 is 0. The predicted octanol–water partition coefficient (Wildman–Crippen LogP) is 2.51. The van der Waals surface area contributed by atoms with Crippen LogP contribution in [0.2, 0.25) is 0 Å². The Balaban J connectivity index is 0.000000845. The summed E-state index contributed by atoms with van der Waals surface area (Å²) in [6, 6.07) is 3.67. The summed E-state index contributed by atoms with van der Waals surface area (Å²) in [6.45, 7) is 1.93. The average molecular weight is 166 g/mol. The molecule has 2 rings (SSSR count). The molecule has 0 unspecified atom stereocenters. The third-order valence-corrected chi connectivity index (χ3v) is 2.02. The van der Waals surface area contributed by atoms with Crippen molar-refractivity contribution >= 4 is 10.9 Å². The van der Waals surface area contributed by atoms with Crippen LogP contribution in [0.25, 0.3) is 10.9 Å². The number of nitrogens with zero attached hydrogens (tertiary/aromatic N) is 1. The average Bonchev–Trinajstić information content (AvgIpc) is 2.53. The summed E-state index contributed by atoms with van der Waals surface area (Å²) in [5, 5.41) is 7.23. The van der Waals surface area contributed by atoms with Crippen LogP contribution in [0, 0.1) is 5.82 Å². The molecule has 0 saturated carbocycles. The van der Waals surface area contributed by atoms with Gasteiger partial charge in [-0.05, 0) is 12.0 Å². The zero-order valence-electron chi connectivity index (χ0n) is 6.76. The first-order valence-corrected chi connectivity index (χ1v) is 3.93. The maximum absolute atomic E-state index is 13.4. The zero-order chi connectivity index (χ0) is 8.55. The van der Waals surface area contributed by atoms with Gasteiger partial charge in [-0.3, -0.25) is 5.10 Å². The lowest BCUT2D eigenvalue weighted by molar-refractivity contribution is 0.621. The molecule has 2 aromatic rings. The first-order valence-electron chi connectivity index (χ1n) is 3.93. The van der Waals surface area contributed by atoms with Gasteiger partial charge >= 0.3 is 0 Å². The van der Waals surface area contributed by atoms with Crippen molar-refractivity contribution < 1.29 is 5.82 Å². The summed E-state index contributed by atoms with van der Waals surface area (Å²) in [4.78, 5) is 0. The minimum Gasteiger partial charge on any atom is -0.275 e. The van der Waals surface area contributed by atoms with Crippen LogP contribution in [-0.4, -0.2) is 10.2 Å². The van der Waals surface area contributed by atoms with E-state index in [1.807, 2.05) is 13.0 Å². The number of fused-ring (bicyclic) bond motifs is 1. The smallest absolute Gasteiger partial charge is 0.152 e. The summed E-state index contributed by atoms with van der Waals surface area (Å²) in [5.74, 6) is -0.174. The summed E-state index contributed by atoms with van der Waals surface area (Å²) in [7, 11) is 0. The van der Waals surface area contributed by atoms with Crippen LogP contribution in [0.5, 0.6) is 0 Å². The Labute approximate surface area is 70.9 Å². The highest BCUT2D eigenvalue weighted by Crippen LogP contribution is 2.18. The fourth-order valence-electron chi connectivity index (χ4n) is 1.29. The number of aryl methyl sites for hydroxylation is 1. The second-order valence-corrected chi connectivity index (χ2v) is 2.73. The lowest BCUT2D eigenvalue weighted by Crippen LogP contribution is -1.88. The number of halogens is 1. The topological polar surface area (TPSA) is 28.7 Å². The molecule has 0 radical (unpaired) electrons. The molecule has 0 saturated heterocycles. The monoisotopic (exact) mass is 166 g/mol. The molecule has 1 aromatic carbocycles. The molecule has 0 bridgehead atoms. The van der Waals surface area contributed by atoms with Crippen molar-refractivity contribution in [2.75, 3.05) is 0 Å². The van der Waals surface area contributed by atoms with Gasteiger partial charge < -0.3 is 0 Å². The van der Waals surface area contributed by atoms with Crippen molar-refractivity contribution in [3.05, 3.63) is 29.7 Å². The Morgan fingerprint density at radius 2 is 2.42 bits per heavy atom. The summed E-state index contributed by atoms with van der Waals surface area (Å²) < 4.78 is 13.4. The zero-order valence-corrected chi connectivity index (χ0v) is 6.76. The SMILES string of the molecule is CCc1ccc2cn[nH]c2c1F.[HH]. The van der Waals surface area contributed by atoms with Crippen molar-refractivity contribution in [2.24, 2.45) is 0 Å². The molecule has 3 heteroatoms. The number of H-pyrrole nitrogens is 1. The Kier molecular flexibility index (Phi) is 1.57. The quantitative estimate of drug-likeness (QED) is 0.692. The van der Waals surface area contributed by atoms with E-state index in [2.05, 4.69) is 10.2 Å². The number of aromatic nitrogens is 2. The van der Waals surface area contributed by atoms with Crippen molar-refractivity contribution in [2.45, 2.75) is 13.3 Å². The normalized spacial score (nSPS) is 10.8. The molecule has 0 aliphatic heterocycles. The standard InChI is InChI=1S/C9H9FN2.H2/c1-2-6-3-4-7-5-11-12-9(7)8(6)10;/h3-5H,2H2,1H3,(H,11,12);1H. The molecule has 0 amide bonds. The minimum absolute atomic E-state index is 0. The number of hydrogen-bond donors (Lipinski definition) is 1. The van der Waals surface area contributed by atoms with Gasteiger partial charge in [-0.25, -0.2) is 4.39 Å². The molecule has 1 heterocycles. The molecule has 12 heavy (non-hydrogen) atoms. The fourth-order valence-corrected chi connectivity index (χ4v) is 1.29. The maximum Gasteiger partial charge on any atom is 0.152 e. The first-order chi connectivity index (χ1) is 5.83. The molecule has 0 spiro atoms. The van der Waals surface area contributed by atoms with Gasteiger partial charge in [0.2, 0.25) is 0 Å². The number of nitrogens with one attached hydrogen (secondary N) is 1. The van der Waals surface area contributed by atoms with E-state index in [9.17, 15) is 4.39 Å². The van der Waals surface area contributed by atoms with Gasteiger partial charge in [-0.2, -0.15) is 5.10 Å². The number of hydrogen-bond acceptors (Lipinski definition) is 1. The Morgan fingerprint density at radius 3 is 3.17 bits per heavy atom. The van der Waals surface area contributed by atoms with Gasteiger partial charge in [0.1, 0.15) is 5.52 Å². The first kappa shape index (κ1) is 7.28. The van der Waals surface area contributed by atoms with E-state index < -0.39 is 0 Å². The lowest BCUT2D eigenvalue weighted by atomic mass is 10.1. The highest BCUT2D eigenvalue weighted by molar-refractivity contribution is 5.79. The molecule has 1 aromatic heterocycles. The summed E-state index contributed by atoms with van der Waals surface area (Å²) in [6.07, 6.45) is 2.33. The van der Waals surface area contributed by atoms with Crippen LogP contribution < -0.4 is 0 Å². The number of benzene rings is 1. The third-order valence-electron chi connectivity index (χ3n) is 2.02. The second-order valence-electron chi connectivity index (χ2n) is 2.73. The van der Waals surface area contributed by atoms with E-state index in [4.69, 9.17) is 0 Å². The third kappa shape index (κ3) is 0.897. The Hall–Kier alpha value is -1.38. The van der Waals surface area contributed by atoms with Crippen molar-refractivity contribution in [1.82, 2.24) is 10.2 Å². The maximum atomic E-state index is 13.4. The van der Waals surface area contributed by atoms with E-state index in [-0.39, 0.29) is 7.24 Å². The largest absolute Gasteiger partial charge is 0.275 e. The van der Waals surface area contributed by atoms with Crippen molar-refractivity contribution in [3.63, 3.8) is 0 Å². The van der Waals surface area contributed by atoms with Gasteiger partial charge in [0.05, 0.1) is 6.20 Å². The van der Waals surface area contributed by atoms with Gasteiger partial charge in [0.15, 0.2) is 5.82 Å². The Morgan fingerprint density at radius 1 is 1.58 bits per heavy atom. The molecule has 64 valence electrons. The van der Waals surface area contributed by atoms with Gasteiger partial charge in [-0.1, -0.05) is 19.1 Å². The van der Waals surface area contributed by atoms with E-state index in [1.165, 1.54) is 0 Å². The lowest BCUT2D eigenvalue weighted by Gasteiger charge is -1.98. The fraction of sp³-hybridized carbons (Fsp3) is 0.222. The van der Waals surface area contributed by atoms with Crippen LogP contribution in [0.1, 0.15) is 13.9 Å². The molecule has 1 N–H and O–H groups in total. The molecular formula is C9H11FN2. The molecule has 2 nitrogen and oxygen atoms in total. The highest BCUT2D eigenvalue weighted by atomic mass is 19.1. The van der Waals surface area contributed by atoms with Crippen LogP contribution in [0.4, 0.5) is 4.39 Å². The minimum atomic E-state index is -0.174. The van der Waals surface area contributed by atoms with Crippen LogP contribution in [0.3, 0.4) is 0 Å². The van der Waals surface area contributed by atoms with Crippen LogP contribution >= 0.6 is 0 Å². The van der Waals surface area contributed by atoms with Crippen LogP contribution in [0.15, 0.2) is 18.3 Å². The van der Waals surface area contributed by atoms with Gasteiger partial charge in [0.25, 0.3) is 0 Å². The molecule has 0 fully saturated rings. The molecule has 0 aliphatic carbocycles. The summed E-state index contributed by atoms with van der Waals surface area (Å²) in [5.41, 5.74) is 1.24. The van der Waals surface area contributed by atoms with E-state index >= 15 is 0 Å². The van der Waals surface area contributed by atoms with Gasteiger partial charge in [0, 0.05) is 6.81 Å². The van der Waals surface area contributed by atoms with E-state index in [0.29, 0.717) is 11.9 Å². The number of rotatable bonds is 1. The Bertz CT molecular complexity index is 411. The van der Waals surface area contributed by atoms with Crippen molar-refractivity contribution in [1.29, 1.82) is 0 Å². The van der Waals surface area contributed by atoms with Crippen LogP contribution in [-0.2, 0) is 6.42 Å². The van der Waals surface area contributed by atoms with Gasteiger partial charge in [-0.15, -0.1) is 0 Å². The second kappa shape index (κ2) is 2.59. The van der Waals surface area contributed by atoms with E-state index in [0.717, 1.165) is 10.9 Å². The molecule has 0 aliphatic rings. The molecular weight excluding hydrogens is 155 g/mol. The van der Waals surface area contributed by atoms with E-state index in [1.54, 1.807) is 12.3 Å². The van der Waals surface area contributed by atoms with Crippen molar-refractivity contribution in [3.8, 4) is 0 Å².